The number of likely N-dealkylation sites (tertiary alicyclic amines) is 1. The van der Waals surface area contributed by atoms with Crippen molar-refractivity contribution >= 4 is 5.91 Å². The van der Waals surface area contributed by atoms with Crippen molar-refractivity contribution in [2.45, 2.75) is 19.3 Å². The number of H-pyrrole nitrogens is 1. The molecule has 0 aliphatic carbocycles. The second-order valence-electron chi connectivity index (χ2n) is 3.89. The number of carbonyl (C=O) groups excluding carboxylic acids is 1. The van der Waals surface area contributed by atoms with E-state index in [-0.39, 0.29) is 11.7 Å². The lowest BCUT2D eigenvalue weighted by molar-refractivity contribution is 0.0936. The minimum Gasteiger partial charge on any atom is -0.348 e. The third-order valence-electron chi connectivity index (χ3n) is 2.71. The number of piperidine rings is 1. The molecule has 1 aliphatic rings. The molecule has 2 heterocycles. The average molecular weight is 224 g/mol. The summed E-state index contributed by atoms with van der Waals surface area (Å²) in [7, 11) is 0. The molecule has 1 amide bonds. The van der Waals surface area contributed by atoms with Gasteiger partial charge >= 0.3 is 0 Å². The third kappa shape index (κ3) is 2.99. The number of rotatable bonds is 4. The van der Waals surface area contributed by atoms with E-state index in [4.69, 9.17) is 0 Å². The molecule has 0 bridgehead atoms. The van der Waals surface area contributed by atoms with E-state index in [0.717, 1.165) is 19.6 Å². The Labute approximate surface area is 93.6 Å². The molecule has 7 heteroatoms. The summed E-state index contributed by atoms with van der Waals surface area (Å²) in [5, 5.41) is 15.6. The van der Waals surface area contributed by atoms with Crippen LogP contribution < -0.4 is 5.32 Å². The fourth-order valence-electron chi connectivity index (χ4n) is 1.85. The Morgan fingerprint density at radius 1 is 1.38 bits per heavy atom. The predicted molar refractivity (Wildman–Crippen MR) is 56.8 cm³/mol. The van der Waals surface area contributed by atoms with Crippen LogP contribution in [0, 0.1) is 0 Å². The van der Waals surface area contributed by atoms with E-state index in [1.54, 1.807) is 0 Å². The van der Waals surface area contributed by atoms with Crippen molar-refractivity contribution in [3.05, 3.63) is 5.82 Å². The fraction of sp³-hybridized carbons (Fsp3) is 0.778. The van der Waals surface area contributed by atoms with Crippen molar-refractivity contribution in [2.75, 3.05) is 26.2 Å². The van der Waals surface area contributed by atoms with Crippen LogP contribution in [0.2, 0.25) is 0 Å². The highest BCUT2D eigenvalue weighted by molar-refractivity contribution is 5.89. The summed E-state index contributed by atoms with van der Waals surface area (Å²) in [6.45, 7) is 3.80. The maximum Gasteiger partial charge on any atom is 0.292 e. The summed E-state index contributed by atoms with van der Waals surface area (Å²) in [5.41, 5.74) is 0. The summed E-state index contributed by atoms with van der Waals surface area (Å²) >= 11 is 0. The van der Waals surface area contributed by atoms with Crippen molar-refractivity contribution < 1.29 is 4.79 Å². The van der Waals surface area contributed by atoms with Crippen LogP contribution in [0.1, 0.15) is 29.9 Å². The average Bonchev–Trinajstić information content (AvgIpc) is 2.84. The van der Waals surface area contributed by atoms with Crippen molar-refractivity contribution in [1.29, 1.82) is 0 Å². The van der Waals surface area contributed by atoms with Crippen LogP contribution >= 0.6 is 0 Å². The minimum atomic E-state index is -0.272. The summed E-state index contributed by atoms with van der Waals surface area (Å²) in [4.78, 5) is 13.8. The minimum absolute atomic E-state index is 0.0960. The second-order valence-corrected chi connectivity index (χ2v) is 3.89. The molecule has 1 aliphatic heterocycles. The number of tetrazole rings is 1. The molecule has 1 fully saturated rings. The Bertz CT molecular complexity index is 319. The lowest BCUT2D eigenvalue weighted by Crippen LogP contribution is -2.37. The first-order valence-electron chi connectivity index (χ1n) is 5.60. The first-order valence-corrected chi connectivity index (χ1v) is 5.60. The Morgan fingerprint density at radius 3 is 2.88 bits per heavy atom. The largest absolute Gasteiger partial charge is 0.348 e. The summed E-state index contributed by atoms with van der Waals surface area (Å²) in [6.07, 6.45) is 3.85. The van der Waals surface area contributed by atoms with Crippen molar-refractivity contribution in [3.8, 4) is 0 Å². The Morgan fingerprint density at radius 2 is 2.19 bits per heavy atom. The van der Waals surface area contributed by atoms with Crippen LogP contribution in [-0.4, -0.2) is 57.6 Å². The summed E-state index contributed by atoms with van der Waals surface area (Å²) < 4.78 is 0. The van der Waals surface area contributed by atoms with Crippen LogP contribution in [0.5, 0.6) is 0 Å². The highest BCUT2D eigenvalue weighted by atomic mass is 16.2. The van der Waals surface area contributed by atoms with E-state index < -0.39 is 0 Å². The molecule has 0 unspecified atom stereocenters. The van der Waals surface area contributed by atoms with Gasteiger partial charge in [0.05, 0.1) is 0 Å². The molecule has 1 saturated heterocycles. The molecule has 0 aromatic carbocycles. The first-order chi connectivity index (χ1) is 7.86. The van der Waals surface area contributed by atoms with E-state index in [2.05, 4.69) is 30.8 Å². The van der Waals surface area contributed by atoms with Gasteiger partial charge in [-0.05, 0) is 31.1 Å². The molecule has 1 aromatic heterocycles. The van der Waals surface area contributed by atoms with E-state index >= 15 is 0 Å². The third-order valence-corrected chi connectivity index (χ3v) is 2.71. The normalized spacial score (nSPS) is 17.2. The van der Waals surface area contributed by atoms with Gasteiger partial charge in [-0.15, -0.1) is 10.2 Å². The molecule has 16 heavy (non-hydrogen) atoms. The van der Waals surface area contributed by atoms with Crippen molar-refractivity contribution in [2.24, 2.45) is 0 Å². The molecule has 0 atom stereocenters. The number of hydrogen-bond acceptors (Lipinski definition) is 5. The molecular formula is C9H16N6O. The fourth-order valence-corrected chi connectivity index (χ4v) is 1.85. The van der Waals surface area contributed by atoms with Crippen molar-refractivity contribution in [3.63, 3.8) is 0 Å². The van der Waals surface area contributed by atoms with Crippen LogP contribution in [0.25, 0.3) is 0 Å². The second kappa shape index (κ2) is 5.55. The first kappa shape index (κ1) is 11.0. The topological polar surface area (TPSA) is 86.8 Å². The highest BCUT2D eigenvalue weighted by Crippen LogP contribution is 2.07. The van der Waals surface area contributed by atoms with E-state index in [1.165, 1.54) is 19.3 Å². The van der Waals surface area contributed by atoms with Gasteiger partial charge in [0.2, 0.25) is 0 Å². The maximum absolute atomic E-state index is 11.4. The number of nitrogens with one attached hydrogen (secondary N) is 2. The van der Waals surface area contributed by atoms with E-state index in [9.17, 15) is 4.79 Å². The van der Waals surface area contributed by atoms with Gasteiger partial charge in [-0.1, -0.05) is 6.42 Å². The number of hydrogen-bond donors (Lipinski definition) is 2. The van der Waals surface area contributed by atoms with Gasteiger partial charge < -0.3 is 10.2 Å². The molecule has 0 spiro atoms. The molecule has 2 N–H and O–H groups in total. The monoisotopic (exact) mass is 224 g/mol. The smallest absolute Gasteiger partial charge is 0.292 e. The predicted octanol–water partition coefficient (Wildman–Crippen LogP) is -0.585. The molecule has 2 rings (SSSR count). The number of nitrogens with zero attached hydrogens (tertiary/aromatic N) is 4. The molecule has 1 aromatic rings. The van der Waals surface area contributed by atoms with Gasteiger partial charge in [0.1, 0.15) is 0 Å². The number of aromatic amines is 1. The van der Waals surface area contributed by atoms with Crippen LogP contribution in [0.3, 0.4) is 0 Å². The van der Waals surface area contributed by atoms with Crippen molar-refractivity contribution in [1.82, 2.24) is 30.8 Å². The zero-order valence-corrected chi connectivity index (χ0v) is 9.15. The van der Waals surface area contributed by atoms with Crippen LogP contribution in [0.4, 0.5) is 0 Å². The zero-order valence-electron chi connectivity index (χ0n) is 9.15. The molecule has 0 saturated carbocycles. The Balaban J connectivity index is 1.66. The number of amides is 1. The van der Waals surface area contributed by atoms with Crippen LogP contribution in [-0.2, 0) is 0 Å². The standard InChI is InChI=1S/C9H16N6O/c16-9(8-11-13-14-12-8)10-4-7-15-5-2-1-3-6-15/h1-7H2,(H,10,16)(H,11,12,13,14). The number of aromatic nitrogens is 4. The Kier molecular flexibility index (Phi) is 3.81. The van der Waals surface area contributed by atoms with Gasteiger partial charge in [0.25, 0.3) is 11.7 Å². The SMILES string of the molecule is O=C(NCCN1CCCCC1)c1nn[nH]n1. The number of carbonyl (C=O) groups is 1. The molecule has 88 valence electrons. The Hall–Kier alpha value is -1.50. The molecular weight excluding hydrogens is 208 g/mol. The van der Waals surface area contributed by atoms with Gasteiger partial charge in [-0.2, -0.15) is 5.21 Å². The molecule has 7 nitrogen and oxygen atoms in total. The highest BCUT2D eigenvalue weighted by Gasteiger charge is 2.12. The zero-order chi connectivity index (χ0) is 11.2. The van der Waals surface area contributed by atoms with Gasteiger partial charge in [-0.25, -0.2) is 0 Å². The van der Waals surface area contributed by atoms with Gasteiger partial charge in [0.15, 0.2) is 0 Å². The summed E-state index contributed by atoms with van der Waals surface area (Å²) in [6, 6.07) is 0. The lowest BCUT2D eigenvalue weighted by atomic mass is 10.1. The maximum atomic E-state index is 11.4. The van der Waals surface area contributed by atoms with E-state index in [0.29, 0.717) is 6.54 Å². The summed E-state index contributed by atoms with van der Waals surface area (Å²) in [5.74, 6) is -0.176. The quantitative estimate of drug-likeness (QED) is 0.714. The van der Waals surface area contributed by atoms with Gasteiger partial charge in [-0.3, -0.25) is 4.79 Å². The van der Waals surface area contributed by atoms with Crippen LogP contribution in [0.15, 0.2) is 0 Å². The lowest BCUT2D eigenvalue weighted by Gasteiger charge is -2.26. The molecule has 0 radical (unpaired) electrons. The van der Waals surface area contributed by atoms with Gasteiger partial charge in [0, 0.05) is 13.1 Å². The van der Waals surface area contributed by atoms with E-state index in [1.807, 2.05) is 0 Å².